The fourth-order valence-electron chi connectivity index (χ4n) is 0.894. The molecular formula is C9H13N5OS. The van der Waals surface area contributed by atoms with Crippen molar-refractivity contribution in [3.8, 4) is 0 Å². The van der Waals surface area contributed by atoms with Crippen LogP contribution in [0, 0.1) is 0 Å². The smallest absolute Gasteiger partial charge is 0.230 e. The lowest BCUT2D eigenvalue weighted by Gasteiger charge is -2.03. The number of hydrogen-bond acceptors (Lipinski definition) is 6. The molecule has 5 N–H and O–H groups in total. The first kappa shape index (κ1) is 12.3. The summed E-state index contributed by atoms with van der Waals surface area (Å²) < 4.78 is 0. The molecule has 1 amide bonds. The molecule has 1 rings (SSSR count). The van der Waals surface area contributed by atoms with Gasteiger partial charge in [-0.25, -0.2) is 9.97 Å². The number of nitrogens with zero attached hydrogens (tertiary/aromatic N) is 2. The van der Waals surface area contributed by atoms with Crippen molar-refractivity contribution in [2.24, 2.45) is 0 Å². The van der Waals surface area contributed by atoms with Gasteiger partial charge in [-0.1, -0.05) is 17.8 Å². The Morgan fingerprint density at radius 2 is 2.12 bits per heavy atom. The van der Waals surface area contributed by atoms with E-state index in [4.69, 9.17) is 11.5 Å². The predicted molar refractivity (Wildman–Crippen MR) is 64.8 cm³/mol. The molecule has 0 fully saturated rings. The molecule has 0 spiro atoms. The number of rotatable bonds is 5. The predicted octanol–water partition coefficient (Wildman–Crippen LogP) is 0.0353. The zero-order valence-electron chi connectivity index (χ0n) is 8.64. The third kappa shape index (κ3) is 4.18. The van der Waals surface area contributed by atoms with Gasteiger partial charge < -0.3 is 16.8 Å². The zero-order valence-corrected chi connectivity index (χ0v) is 9.46. The zero-order chi connectivity index (χ0) is 12.0. The highest BCUT2D eigenvalue weighted by molar-refractivity contribution is 7.99. The lowest BCUT2D eigenvalue weighted by molar-refractivity contribution is -0.118. The van der Waals surface area contributed by atoms with Crippen molar-refractivity contribution < 1.29 is 4.79 Å². The second-order valence-corrected chi connectivity index (χ2v) is 3.82. The average molecular weight is 239 g/mol. The minimum Gasteiger partial charge on any atom is -0.383 e. The monoisotopic (exact) mass is 239 g/mol. The second kappa shape index (κ2) is 5.96. The standard InChI is InChI=1S/C9H13N5OS/c1-2-3-12-8(15)5-16-9-13-6(10)4-7(11)14-9/h2,4H,1,3,5H2,(H,12,15)(H4,10,11,13,14). The van der Waals surface area contributed by atoms with Gasteiger partial charge in [-0.3, -0.25) is 4.79 Å². The van der Waals surface area contributed by atoms with E-state index in [0.29, 0.717) is 23.3 Å². The number of amides is 1. The molecule has 0 aliphatic rings. The number of anilines is 2. The molecule has 1 aromatic rings. The van der Waals surface area contributed by atoms with Crippen molar-refractivity contribution in [3.63, 3.8) is 0 Å². The quantitative estimate of drug-likeness (QED) is 0.380. The van der Waals surface area contributed by atoms with E-state index in [1.807, 2.05) is 0 Å². The molecule has 6 nitrogen and oxygen atoms in total. The fourth-order valence-corrected chi connectivity index (χ4v) is 1.60. The van der Waals surface area contributed by atoms with E-state index >= 15 is 0 Å². The van der Waals surface area contributed by atoms with Crippen molar-refractivity contribution in [2.75, 3.05) is 23.8 Å². The van der Waals surface area contributed by atoms with Crippen LogP contribution in [0.25, 0.3) is 0 Å². The van der Waals surface area contributed by atoms with E-state index in [2.05, 4.69) is 21.9 Å². The van der Waals surface area contributed by atoms with Crippen LogP contribution >= 0.6 is 11.8 Å². The van der Waals surface area contributed by atoms with E-state index in [-0.39, 0.29) is 11.7 Å². The molecule has 0 saturated heterocycles. The van der Waals surface area contributed by atoms with E-state index in [0.717, 1.165) is 0 Å². The summed E-state index contributed by atoms with van der Waals surface area (Å²) in [7, 11) is 0. The van der Waals surface area contributed by atoms with Crippen LogP contribution in [0.15, 0.2) is 23.9 Å². The maximum atomic E-state index is 11.2. The van der Waals surface area contributed by atoms with Crippen molar-refractivity contribution in [1.82, 2.24) is 15.3 Å². The molecule has 0 atom stereocenters. The third-order valence-corrected chi connectivity index (χ3v) is 2.37. The summed E-state index contributed by atoms with van der Waals surface area (Å²) in [5.41, 5.74) is 11.0. The molecule has 1 heterocycles. The Balaban J connectivity index is 2.47. The summed E-state index contributed by atoms with van der Waals surface area (Å²) in [6.07, 6.45) is 1.61. The van der Waals surface area contributed by atoms with E-state index in [9.17, 15) is 4.79 Å². The number of hydrogen-bond donors (Lipinski definition) is 3. The Kier molecular flexibility index (Phi) is 4.59. The van der Waals surface area contributed by atoms with E-state index in [1.54, 1.807) is 6.08 Å². The molecule has 1 aromatic heterocycles. The van der Waals surface area contributed by atoms with Gasteiger partial charge in [0, 0.05) is 12.6 Å². The lowest BCUT2D eigenvalue weighted by Crippen LogP contribution is -2.25. The van der Waals surface area contributed by atoms with Gasteiger partial charge in [0.15, 0.2) is 5.16 Å². The highest BCUT2D eigenvalue weighted by atomic mass is 32.2. The van der Waals surface area contributed by atoms with Gasteiger partial charge in [-0.15, -0.1) is 6.58 Å². The molecule has 0 bridgehead atoms. The number of carbonyl (C=O) groups is 1. The summed E-state index contributed by atoms with van der Waals surface area (Å²) in [6, 6.07) is 1.46. The Labute approximate surface area is 97.5 Å². The minimum absolute atomic E-state index is 0.116. The van der Waals surface area contributed by atoms with Gasteiger partial charge in [-0.2, -0.15) is 0 Å². The van der Waals surface area contributed by atoms with Crippen LogP contribution in [-0.2, 0) is 4.79 Å². The summed E-state index contributed by atoms with van der Waals surface area (Å²) >= 11 is 1.18. The summed E-state index contributed by atoms with van der Waals surface area (Å²) in [6.45, 7) is 3.94. The molecule has 0 saturated carbocycles. The molecule has 86 valence electrons. The van der Waals surface area contributed by atoms with Crippen molar-refractivity contribution >= 4 is 29.3 Å². The number of nitrogen functional groups attached to an aromatic ring is 2. The third-order valence-electron chi connectivity index (χ3n) is 1.52. The Morgan fingerprint density at radius 1 is 1.50 bits per heavy atom. The molecule has 0 radical (unpaired) electrons. The van der Waals surface area contributed by atoms with Crippen LogP contribution in [0.3, 0.4) is 0 Å². The molecule has 0 aliphatic carbocycles. The van der Waals surface area contributed by atoms with Gasteiger partial charge in [0.2, 0.25) is 5.91 Å². The van der Waals surface area contributed by atoms with Gasteiger partial charge in [0.1, 0.15) is 11.6 Å². The number of thioether (sulfide) groups is 1. The van der Waals surface area contributed by atoms with Crippen LogP contribution < -0.4 is 16.8 Å². The van der Waals surface area contributed by atoms with Crippen molar-refractivity contribution in [2.45, 2.75) is 5.16 Å². The Bertz CT molecular complexity index is 375. The molecule has 16 heavy (non-hydrogen) atoms. The average Bonchev–Trinajstić information content (AvgIpc) is 2.22. The lowest BCUT2D eigenvalue weighted by atomic mass is 10.5. The van der Waals surface area contributed by atoms with Crippen LogP contribution in [0.5, 0.6) is 0 Å². The summed E-state index contributed by atoms with van der Waals surface area (Å²) in [4.78, 5) is 19.1. The van der Waals surface area contributed by atoms with E-state index < -0.39 is 0 Å². The molecule has 0 aliphatic heterocycles. The second-order valence-electron chi connectivity index (χ2n) is 2.88. The largest absolute Gasteiger partial charge is 0.383 e. The van der Waals surface area contributed by atoms with Crippen LogP contribution in [0.2, 0.25) is 0 Å². The molecule has 0 unspecified atom stereocenters. The maximum Gasteiger partial charge on any atom is 0.230 e. The Morgan fingerprint density at radius 3 is 2.69 bits per heavy atom. The van der Waals surface area contributed by atoms with Gasteiger partial charge in [0.25, 0.3) is 0 Å². The van der Waals surface area contributed by atoms with Crippen LogP contribution in [0.1, 0.15) is 0 Å². The molecule has 0 aromatic carbocycles. The number of aromatic nitrogens is 2. The van der Waals surface area contributed by atoms with Gasteiger partial charge in [-0.05, 0) is 0 Å². The van der Waals surface area contributed by atoms with Crippen molar-refractivity contribution in [3.05, 3.63) is 18.7 Å². The van der Waals surface area contributed by atoms with Gasteiger partial charge >= 0.3 is 0 Å². The summed E-state index contributed by atoms with van der Waals surface area (Å²) in [5, 5.41) is 3.03. The minimum atomic E-state index is -0.116. The van der Waals surface area contributed by atoms with Crippen LogP contribution in [-0.4, -0.2) is 28.2 Å². The normalized spacial score (nSPS) is 9.75. The highest BCUT2D eigenvalue weighted by Gasteiger charge is 2.05. The van der Waals surface area contributed by atoms with Crippen molar-refractivity contribution in [1.29, 1.82) is 0 Å². The Hall–Kier alpha value is -1.76. The molecule has 7 heteroatoms. The first-order chi connectivity index (χ1) is 7.61. The maximum absolute atomic E-state index is 11.2. The fraction of sp³-hybridized carbons (Fsp3) is 0.222. The van der Waals surface area contributed by atoms with E-state index in [1.165, 1.54) is 17.8 Å². The topological polar surface area (TPSA) is 107 Å². The number of nitrogens with one attached hydrogen (secondary N) is 1. The molecular weight excluding hydrogens is 226 g/mol. The van der Waals surface area contributed by atoms with Crippen LogP contribution in [0.4, 0.5) is 11.6 Å². The first-order valence-electron chi connectivity index (χ1n) is 4.52. The first-order valence-corrected chi connectivity index (χ1v) is 5.51. The SMILES string of the molecule is C=CCNC(=O)CSc1nc(N)cc(N)n1. The summed E-state index contributed by atoms with van der Waals surface area (Å²) in [5.74, 6) is 0.689. The highest BCUT2D eigenvalue weighted by Crippen LogP contribution is 2.15. The number of carbonyl (C=O) groups excluding carboxylic acids is 1. The number of nitrogens with two attached hydrogens (primary N) is 2. The van der Waals surface area contributed by atoms with Gasteiger partial charge in [0.05, 0.1) is 5.75 Å².